The number of para-hydroxylation sites is 1. The first-order valence-corrected chi connectivity index (χ1v) is 7.29. The molecular weight excluding hydrogens is 280 g/mol. The number of ether oxygens (including phenoxy) is 1. The predicted molar refractivity (Wildman–Crippen MR) is 84.9 cm³/mol. The molecule has 112 valence electrons. The molecule has 0 aliphatic heterocycles. The van der Waals surface area contributed by atoms with Crippen LogP contribution in [0.4, 0.5) is 0 Å². The molecule has 4 nitrogen and oxygen atoms in total. The molecule has 0 N–H and O–H groups in total. The minimum absolute atomic E-state index is 0.0377. The number of carbonyl (C=O) groups excluding carboxylic acids is 1. The van der Waals surface area contributed by atoms with Gasteiger partial charge in [-0.1, -0.05) is 25.1 Å². The molecule has 1 heterocycles. The zero-order chi connectivity index (χ0) is 15.5. The summed E-state index contributed by atoms with van der Waals surface area (Å²) >= 11 is 0. The van der Waals surface area contributed by atoms with Gasteiger partial charge in [0.1, 0.15) is 11.2 Å². The molecule has 0 saturated carbocycles. The highest BCUT2D eigenvalue weighted by Gasteiger charge is 2.08. The normalized spacial score (nSPS) is 11.0. The number of fused-ring (bicyclic) bond motifs is 2. The highest BCUT2D eigenvalue weighted by molar-refractivity contribution is 5.89. The molecule has 0 spiro atoms. The summed E-state index contributed by atoms with van der Waals surface area (Å²) < 4.78 is 10.8. The van der Waals surface area contributed by atoms with Crippen LogP contribution in [-0.2, 0) is 16.0 Å². The van der Waals surface area contributed by atoms with E-state index in [9.17, 15) is 9.59 Å². The predicted octanol–water partition coefficient (Wildman–Crippen LogP) is 3.44. The molecule has 0 radical (unpaired) electrons. The third kappa shape index (κ3) is 2.72. The fourth-order valence-corrected chi connectivity index (χ4v) is 2.39. The molecule has 0 fully saturated rings. The van der Waals surface area contributed by atoms with E-state index < -0.39 is 0 Å². The van der Waals surface area contributed by atoms with Crippen LogP contribution in [0.1, 0.15) is 18.9 Å². The quantitative estimate of drug-likeness (QED) is 0.546. The lowest BCUT2D eigenvalue weighted by atomic mass is 10.1. The maximum absolute atomic E-state index is 12.5. The maximum Gasteiger partial charge on any atom is 0.305 e. The topological polar surface area (TPSA) is 56.5 Å². The molecule has 2 aromatic carbocycles. The lowest BCUT2D eigenvalue weighted by Gasteiger charge is -2.05. The Labute approximate surface area is 127 Å². The summed E-state index contributed by atoms with van der Waals surface area (Å²) in [7, 11) is 0. The summed E-state index contributed by atoms with van der Waals surface area (Å²) in [5.41, 5.74) is 2.06. The minimum Gasteiger partial charge on any atom is -0.465 e. The molecule has 22 heavy (non-hydrogen) atoms. The first-order valence-electron chi connectivity index (χ1n) is 7.29. The molecule has 0 atom stereocenters. The number of hydrogen-bond donors (Lipinski definition) is 0. The van der Waals surface area contributed by atoms with Gasteiger partial charge in [0.05, 0.1) is 17.4 Å². The van der Waals surface area contributed by atoms with Gasteiger partial charge in [-0.05, 0) is 29.8 Å². The van der Waals surface area contributed by atoms with E-state index in [4.69, 9.17) is 9.15 Å². The maximum atomic E-state index is 12.5. The van der Waals surface area contributed by atoms with Gasteiger partial charge >= 0.3 is 5.97 Å². The Hall–Kier alpha value is -2.62. The van der Waals surface area contributed by atoms with Gasteiger partial charge in [0.15, 0.2) is 0 Å². The first kappa shape index (κ1) is 14.3. The van der Waals surface area contributed by atoms with E-state index in [1.54, 1.807) is 25.1 Å². The summed E-state index contributed by atoms with van der Waals surface area (Å²) in [4.78, 5) is 23.7. The van der Waals surface area contributed by atoms with E-state index in [2.05, 4.69) is 0 Å². The number of carbonyl (C=O) groups is 1. The van der Waals surface area contributed by atoms with Crippen molar-refractivity contribution in [1.29, 1.82) is 0 Å². The second-order valence-electron chi connectivity index (χ2n) is 5.08. The minimum atomic E-state index is -0.216. The number of rotatable bonds is 4. The van der Waals surface area contributed by atoms with E-state index in [-0.39, 0.29) is 11.4 Å². The summed E-state index contributed by atoms with van der Waals surface area (Å²) in [6.45, 7) is 2.08. The van der Waals surface area contributed by atoms with E-state index in [1.807, 2.05) is 24.3 Å². The van der Waals surface area contributed by atoms with Gasteiger partial charge in [-0.25, -0.2) is 0 Å². The average Bonchev–Trinajstić information content (AvgIpc) is 2.55. The molecular formula is C18H16O4. The van der Waals surface area contributed by atoms with E-state index in [1.165, 1.54) is 0 Å². The van der Waals surface area contributed by atoms with Crippen LogP contribution in [0.5, 0.6) is 0 Å². The molecule has 0 aliphatic rings. The second-order valence-corrected chi connectivity index (χ2v) is 5.08. The monoisotopic (exact) mass is 296 g/mol. The average molecular weight is 296 g/mol. The number of benzene rings is 2. The molecule has 4 heteroatoms. The Balaban J connectivity index is 1.95. The highest BCUT2D eigenvalue weighted by Crippen LogP contribution is 2.19. The zero-order valence-corrected chi connectivity index (χ0v) is 12.3. The van der Waals surface area contributed by atoms with E-state index in [0.29, 0.717) is 41.4 Å². The Morgan fingerprint density at radius 1 is 1.09 bits per heavy atom. The Morgan fingerprint density at radius 3 is 2.68 bits per heavy atom. The fraction of sp³-hybridized carbons (Fsp3) is 0.222. The summed E-state index contributed by atoms with van der Waals surface area (Å²) in [6.07, 6.45) is 0.946. The molecule has 3 rings (SSSR count). The van der Waals surface area contributed by atoms with Gasteiger partial charge in [0.2, 0.25) is 5.43 Å². The summed E-state index contributed by atoms with van der Waals surface area (Å²) in [5, 5.41) is 1.13. The van der Waals surface area contributed by atoms with Crippen molar-refractivity contribution in [1.82, 2.24) is 0 Å². The molecule has 0 unspecified atom stereocenters. The van der Waals surface area contributed by atoms with Crippen molar-refractivity contribution in [3.05, 3.63) is 58.3 Å². The Kier molecular flexibility index (Phi) is 3.92. The van der Waals surface area contributed by atoms with Crippen LogP contribution in [-0.4, -0.2) is 12.6 Å². The van der Waals surface area contributed by atoms with E-state index in [0.717, 1.165) is 5.56 Å². The SMILES string of the molecule is CCC(=O)OCCc1ccc2oc3ccccc3c(=O)c2c1. The van der Waals surface area contributed by atoms with Gasteiger partial charge in [-0.2, -0.15) is 0 Å². The molecule has 0 bridgehead atoms. The van der Waals surface area contributed by atoms with Gasteiger partial charge < -0.3 is 9.15 Å². The van der Waals surface area contributed by atoms with Crippen molar-refractivity contribution in [2.45, 2.75) is 19.8 Å². The van der Waals surface area contributed by atoms with Crippen molar-refractivity contribution < 1.29 is 13.9 Å². The third-order valence-electron chi connectivity index (χ3n) is 3.58. The number of hydrogen-bond acceptors (Lipinski definition) is 4. The van der Waals surface area contributed by atoms with Gasteiger partial charge in [-0.15, -0.1) is 0 Å². The van der Waals surface area contributed by atoms with Crippen LogP contribution < -0.4 is 5.43 Å². The van der Waals surface area contributed by atoms with Crippen LogP contribution in [0.25, 0.3) is 21.9 Å². The van der Waals surface area contributed by atoms with Gasteiger partial charge in [0, 0.05) is 12.8 Å². The third-order valence-corrected chi connectivity index (χ3v) is 3.58. The Bertz CT molecular complexity index is 892. The lowest BCUT2D eigenvalue weighted by molar-refractivity contribution is -0.143. The number of esters is 1. The van der Waals surface area contributed by atoms with Crippen molar-refractivity contribution in [3.8, 4) is 0 Å². The van der Waals surface area contributed by atoms with Crippen LogP contribution in [0, 0.1) is 0 Å². The highest BCUT2D eigenvalue weighted by atomic mass is 16.5. The Morgan fingerprint density at radius 2 is 1.86 bits per heavy atom. The first-order chi connectivity index (χ1) is 10.7. The van der Waals surface area contributed by atoms with Crippen LogP contribution in [0.2, 0.25) is 0 Å². The van der Waals surface area contributed by atoms with Crippen molar-refractivity contribution >= 4 is 27.9 Å². The van der Waals surface area contributed by atoms with Crippen LogP contribution in [0.3, 0.4) is 0 Å². The smallest absolute Gasteiger partial charge is 0.305 e. The van der Waals surface area contributed by atoms with Crippen molar-refractivity contribution in [2.24, 2.45) is 0 Å². The molecule has 0 saturated heterocycles. The zero-order valence-electron chi connectivity index (χ0n) is 12.3. The molecule has 3 aromatic rings. The summed E-state index contributed by atoms with van der Waals surface area (Å²) in [5.74, 6) is -0.216. The van der Waals surface area contributed by atoms with Crippen LogP contribution >= 0.6 is 0 Å². The largest absolute Gasteiger partial charge is 0.465 e. The fourth-order valence-electron chi connectivity index (χ4n) is 2.39. The lowest BCUT2D eigenvalue weighted by Crippen LogP contribution is -2.07. The van der Waals surface area contributed by atoms with Gasteiger partial charge in [-0.3, -0.25) is 9.59 Å². The second kappa shape index (κ2) is 6.02. The van der Waals surface area contributed by atoms with Gasteiger partial charge in [0.25, 0.3) is 0 Å². The van der Waals surface area contributed by atoms with E-state index >= 15 is 0 Å². The molecule has 0 aliphatic carbocycles. The summed E-state index contributed by atoms with van der Waals surface area (Å²) in [6, 6.07) is 12.7. The molecule has 1 aromatic heterocycles. The standard InChI is InChI=1S/C18H16O4/c1-2-17(19)21-10-9-12-7-8-16-14(11-12)18(20)13-5-3-4-6-15(13)22-16/h3-8,11H,2,9-10H2,1H3. The molecule has 0 amide bonds. The van der Waals surface area contributed by atoms with Crippen molar-refractivity contribution in [2.75, 3.05) is 6.61 Å². The van der Waals surface area contributed by atoms with Crippen LogP contribution in [0.15, 0.2) is 51.7 Å². The van der Waals surface area contributed by atoms with Crippen molar-refractivity contribution in [3.63, 3.8) is 0 Å².